The van der Waals surface area contributed by atoms with E-state index in [9.17, 15) is 31.1 Å². The molecule has 9 heteroatoms. The summed E-state index contributed by atoms with van der Waals surface area (Å²) in [6.07, 6.45) is -12.0. The number of amides is 1. The van der Waals surface area contributed by atoms with Gasteiger partial charge < -0.3 is 10.1 Å². The van der Waals surface area contributed by atoms with E-state index in [2.05, 4.69) is 4.74 Å². The first-order valence-corrected chi connectivity index (χ1v) is 6.51. The van der Waals surface area contributed by atoms with Crippen molar-refractivity contribution in [2.24, 2.45) is 11.8 Å². The molecule has 21 heavy (non-hydrogen) atoms. The van der Waals surface area contributed by atoms with Gasteiger partial charge in [-0.15, -0.1) is 0 Å². The van der Waals surface area contributed by atoms with E-state index in [0.717, 1.165) is 5.32 Å². The molecule has 1 amide bonds. The van der Waals surface area contributed by atoms with Gasteiger partial charge in [-0.25, -0.2) is 4.79 Å². The molecule has 0 aromatic heterocycles. The van der Waals surface area contributed by atoms with Crippen LogP contribution in [0.4, 0.5) is 31.1 Å². The van der Waals surface area contributed by atoms with Crippen molar-refractivity contribution in [1.29, 1.82) is 0 Å². The first-order valence-electron chi connectivity index (χ1n) is 6.51. The molecule has 0 aromatic carbocycles. The zero-order valence-corrected chi connectivity index (χ0v) is 11.5. The average Bonchev–Trinajstić information content (AvgIpc) is 2.28. The predicted molar refractivity (Wildman–Crippen MR) is 61.5 cm³/mol. The second kappa shape index (κ2) is 6.31. The molecule has 3 nitrogen and oxygen atoms in total. The minimum absolute atomic E-state index is 0.192. The molecule has 124 valence electrons. The molecule has 0 heterocycles. The second-order valence-corrected chi connectivity index (χ2v) is 5.46. The van der Waals surface area contributed by atoms with Gasteiger partial charge in [0.15, 0.2) is 0 Å². The van der Waals surface area contributed by atoms with Gasteiger partial charge in [0.05, 0.1) is 0 Å². The van der Waals surface area contributed by atoms with E-state index in [1.165, 1.54) is 0 Å². The van der Waals surface area contributed by atoms with Crippen LogP contribution in [0.3, 0.4) is 0 Å². The largest absolute Gasteiger partial charge is 0.446 e. The molecular formula is C12H17F6NO2. The summed E-state index contributed by atoms with van der Waals surface area (Å²) in [7, 11) is 0. The number of hydrogen-bond acceptors (Lipinski definition) is 2. The van der Waals surface area contributed by atoms with Gasteiger partial charge in [0.1, 0.15) is 6.10 Å². The van der Waals surface area contributed by atoms with Crippen molar-refractivity contribution in [2.75, 3.05) is 0 Å². The zero-order valence-electron chi connectivity index (χ0n) is 11.5. The lowest BCUT2D eigenvalue weighted by atomic mass is 9.80. The van der Waals surface area contributed by atoms with E-state index in [-0.39, 0.29) is 5.92 Å². The quantitative estimate of drug-likeness (QED) is 0.780. The molecule has 1 N–H and O–H groups in total. The van der Waals surface area contributed by atoms with Gasteiger partial charge in [0.2, 0.25) is 6.04 Å². The molecule has 1 aliphatic rings. The summed E-state index contributed by atoms with van der Waals surface area (Å²) in [6, 6.07) is -3.92. The molecule has 0 aliphatic heterocycles. The monoisotopic (exact) mass is 321 g/mol. The van der Waals surface area contributed by atoms with Gasteiger partial charge >= 0.3 is 18.4 Å². The third kappa shape index (κ3) is 5.28. The SMILES string of the molecule is C[C@@H]1CC[C@@H](OC(=O)NC(C(F)(F)F)C(F)(F)F)C[C@H]1C. The highest BCUT2D eigenvalue weighted by Gasteiger charge is 2.58. The minimum atomic E-state index is -5.62. The maximum atomic E-state index is 12.3. The number of carbonyl (C=O) groups excluding carboxylic acids is 1. The number of ether oxygens (including phenoxy) is 1. The van der Waals surface area contributed by atoms with Crippen LogP contribution in [0.25, 0.3) is 0 Å². The van der Waals surface area contributed by atoms with Crippen LogP contribution >= 0.6 is 0 Å². The number of carbonyl (C=O) groups is 1. The Bertz CT molecular complexity index is 354. The lowest BCUT2D eigenvalue weighted by molar-refractivity contribution is -0.256. The van der Waals surface area contributed by atoms with Crippen molar-refractivity contribution in [3.63, 3.8) is 0 Å². The predicted octanol–water partition coefficient (Wildman–Crippen LogP) is 4.03. The zero-order chi connectivity index (χ0) is 16.4. The Labute approximate surface area is 118 Å². The van der Waals surface area contributed by atoms with Crippen molar-refractivity contribution >= 4 is 6.09 Å². The summed E-state index contributed by atoms with van der Waals surface area (Å²) >= 11 is 0. The summed E-state index contributed by atoms with van der Waals surface area (Å²) in [4.78, 5) is 11.3. The Balaban J connectivity index is 2.59. The van der Waals surface area contributed by atoms with Crippen molar-refractivity contribution in [2.45, 2.75) is 57.6 Å². The fourth-order valence-corrected chi connectivity index (χ4v) is 2.26. The van der Waals surface area contributed by atoms with Crippen molar-refractivity contribution in [3.05, 3.63) is 0 Å². The van der Waals surface area contributed by atoms with Crippen LogP contribution in [0, 0.1) is 11.8 Å². The molecule has 0 bridgehead atoms. The van der Waals surface area contributed by atoms with E-state index >= 15 is 0 Å². The molecule has 1 aliphatic carbocycles. The first kappa shape index (κ1) is 17.9. The normalized spacial score (nSPS) is 27.6. The van der Waals surface area contributed by atoms with Gasteiger partial charge in [-0.1, -0.05) is 13.8 Å². The molecular weight excluding hydrogens is 304 g/mol. The smallest absolute Gasteiger partial charge is 0.417 e. The lowest BCUT2D eigenvalue weighted by Crippen LogP contribution is -2.55. The van der Waals surface area contributed by atoms with Crippen molar-refractivity contribution < 1.29 is 35.9 Å². The maximum absolute atomic E-state index is 12.3. The fourth-order valence-electron chi connectivity index (χ4n) is 2.26. The Morgan fingerprint density at radius 1 is 1.05 bits per heavy atom. The van der Waals surface area contributed by atoms with Gasteiger partial charge in [-0.05, 0) is 31.1 Å². The molecule has 1 fully saturated rings. The van der Waals surface area contributed by atoms with Gasteiger partial charge in [0.25, 0.3) is 0 Å². The van der Waals surface area contributed by atoms with Gasteiger partial charge in [-0.2, -0.15) is 26.3 Å². The number of alkyl halides is 6. The van der Waals surface area contributed by atoms with Crippen LogP contribution in [0.1, 0.15) is 33.1 Å². The minimum Gasteiger partial charge on any atom is -0.446 e. The van der Waals surface area contributed by atoms with Crippen LogP contribution in [-0.4, -0.2) is 30.6 Å². The summed E-state index contributed by atoms with van der Waals surface area (Å²) in [5.41, 5.74) is 0. The van der Waals surface area contributed by atoms with E-state index in [1.807, 2.05) is 13.8 Å². The maximum Gasteiger partial charge on any atom is 0.417 e. The van der Waals surface area contributed by atoms with Crippen LogP contribution < -0.4 is 5.32 Å². The molecule has 1 rings (SSSR count). The van der Waals surface area contributed by atoms with Crippen LogP contribution in [-0.2, 0) is 4.74 Å². The molecule has 0 unspecified atom stereocenters. The van der Waals surface area contributed by atoms with Gasteiger partial charge in [-0.3, -0.25) is 0 Å². The highest BCUT2D eigenvalue weighted by atomic mass is 19.4. The van der Waals surface area contributed by atoms with E-state index < -0.39 is 30.6 Å². The Morgan fingerprint density at radius 2 is 1.57 bits per heavy atom. The van der Waals surface area contributed by atoms with Crippen molar-refractivity contribution in [1.82, 2.24) is 5.32 Å². The lowest BCUT2D eigenvalue weighted by Gasteiger charge is -2.32. The number of nitrogens with one attached hydrogen (secondary N) is 1. The standard InChI is InChI=1S/C12H17F6NO2/c1-6-3-4-8(5-7(6)2)21-10(20)19-9(11(13,14)15)12(16,17)18/h6-9H,3-5H2,1-2H3,(H,19,20)/t6-,7-,8-/m1/s1. The molecule has 0 radical (unpaired) electrons. The van der Waals surface area contributed by atoms with Crippen LogP contribution in [0.2, 0.25) is 0 Å². The average molecular weight is 321 g/mol. The molecule has 0 aromatic rings. The van der Waals surface area contributed by atoms with E-state index in [4.69, 9.17) is 0 Å². The molecule has 0 saturated heterocycles. The number of rotatable bonds is 2. The molecule has 1 saturated carbocycles. The molecule has 3 atom stereocenters. The van der Waals surface area contributed by atoms with Crippen LogP contribution in [0.5, 0.6) is 0 Å². The van der Waals surface area contributed by atoms with E-state index in [0.29, 0.717) is 25.2 Å². The second-order valence-electron chi connectivity index (χ2n) is 5.46. The summed E-state index contributed by atoms with van der Waals surface area (Å²) in [5, 5.41) is 0.859. The van der Waals surface area contributed by atoms with Gasteiger partial charge in [0, 0.05) is 0 Å². The van der Waals surface area contributed by atoms with Crippen molar-refractivity contribution in [3.8, 4) is 0 Å². The number of alkyl carbamates (subject to hydrolysis) is 1. The summed E-state index contributed by atoms with van der Waals surface area (Å²) in [5.74, 6) is 0.573. The number of hydrogen-bond donors (Lipinski definition) is 1. The Hall–Kier alpha value is -1.15. The highest BCUT2D eigenvalue weighted by Crippen LogP contribution is 2.34. The fraction of sp³-hybridized carbons (Fsp3) is 0.917. The Morgan fingerprint density at radius 3 is 2.00 bits per heavy atom. The van der Waals surface area contributed by atoms with Crippen LogP contribution in [0.15, 0.2) is 0 Å². The third-order valence-corrected chi connectivity index (χ3v) is 3.74. The summed E-state index contributed by atoms with van der Waals surface area (Å²) in [6.45, 7) is 3.89. The van der Waals surface area contributed by atoms with E-state index in [1.54, 1.807) is 0 Å². The number of halogens is 6. The molecule has 0 spiro atoms. The Kier molecular flexibility index (Phi) is 5.38. The summed E-state index contributed by atoms with van der Waals surface area (Å²) < 4.78 is 78.3. The third-order valence-electron chi connectivity index (χ3n) is 3.74. The first-order chi connectivity index (χ1) is 9.41. The topological polar surface area (TPSA) is 38.3 Å². The highest BCUT2D eigenvalue weighted by molar-refractivity contribution is 5.68.